The molecule has 6 fully saturated rings. The molecule has 1 spiro atoms. The minimum absolute atomic E-state index is 0.0218. The molecule has 2 aliphatic heterocycles. The molecule has 0 amide bonds. The van der Waals surface area contributed by atoms with Crippen LogP contribution in [0.5, 0.6) is 0 Å². The summed E-state index contributed by atoms with van der Waals surface area (Å²) in [5, 5.41) is 12.4. The van der Waals surface area contributed by atoms with E-state index in [0.29, 0.717) is 17.3 Å². The molecule has 2 heterocycles. The molecule has 0 aromatic rings. The summed E-state index contributed by atoms with van der Waals surface area (Å²) >= 11 is 0. The van der Waals surface area contributed by atoms with E-state index in [-0.39, 0.29) is 17.4 Å². The van der Waals surface area contributed by atoms with E-state index >= 15 is 0 Å². The van der Waals surface area contributed by atoms with E-state index in [4.69, 9.17) is 9.47 Å². The first-order chi connectivity index (χ1) is 14.2. The van der Waals surface area contributed by atoms with E-state index in [1.54, 1.807) is 0 Å². The largest absolute Gasteiger partial charge is 0.386 e. The van der Waals surface area contributed by atoms with Crippen molar-refractivity contribution in [2.45, 2.75) is 116 Å². The van der Waals surface area contributed by atoms with E-state index in [2.05, 4.69) is 27.7 Å². The molecule has 6 aliphatic rings. The summed E-state index contributed by atoms with van der Waals surface area (Å²) in [6, 6.07) is 0. The highest BCUT2D eigenvalue weighted by atomic mass is 16.7. The van der Waals surface area contributed by atoms with Crippen molar-refractivity contribution < 1.29 is 14.6 Å². The molecule has 4 aliphatic carbocycles. The Bertz CT molecular complexity index is 698. The Morgan fingerprint density at radius 1 is 0.867 bits per heavy atom. The van der Waals surface area contributed by atoms with Crippen molar-refractivity contribution in [1.29, 1.82) is 0 Å². The molecule has 0 bridgehead atoms. The smallest absolute Gasteiger partial charge is 0.174 e. The van der Waals surface area contributed by atoms with Gasteiger partial charge < -0.3 is 14.6 Å². The lowest BCUT2D eigenvalue weighted by Gasteiger charge is -2.61. The highest BCUT2D eigenvalue weighted by molar-refractivity contribution is 5.23. The van der Waals surface area contributed by atoms with Crippen LogP contribution in [0.3, 0.4) is 0 Å². The summed E-state index contributed by atoms with van der Waals surface area (Å²) in [5.41, 5.74) is -0.196. The van der Waals surface area contributed by atoms with Gasteiger partial charge in [0.1, 0.15) is 5.60 Å². The number of ether oxygens (including phenoxy) is 2. The van der Waals surface area contributed by atoms with Crippen LogP contribution < -0.4 is 0 Å². The summed E-state index contributed by atoms with van der Waals surface area (Å²) in [5.74, 6) is 3.36. The topological polar surface area (TPSA) is 38.7 Å². The van der Waals surface area contributed by atoms with Gasteiger partial charge in [-0.25, -0.2) is 0 Å². The van der Waals surface area contributed by atoms with Crippen LogP contribution in [-0.2, 0) is 9.47 Å². The Kier molecular flexibility index (Phi) is 4.42. The van der Waals surface area contributed by atoms with Gasteiger partial charge in [-0.05, 0) is 86.4 Å². The summed E-state index contributed by atoms with van der Waals surface area (Å²) in [6.07, 6.45) is 14.2. The molecular weight excluding hydrogens is 372 g/mol. The molecule has 30 heavy (non-hydrogen) atoms. The molecule has 1 N–H and O–H groups in total. The molecule has 0 aromatic carbocycles. The second-order valence-corrected chi connectivity index (χ2v) is 13.0. The number of hydrogen-bond acceptors (Lipinski definition) is 3. The van der Waals surface area contributed by atoms with Gasteiger partial charge in [-0.15, -0.1) is 0 Å². The van der Waals surface area contributed by atoms with Gasteiger partial charge in [-0.3, -0.25) is 0 Å². The Balaban J connectivity index is 1.31. The Labute approximate surface area is 183 Å². The molecule has 170 valence electrons. The molecule has 6 rings (SSSR count). The number of hydrogen-bond donors (Lipinski definition) is 1. The first-order valence-electron chi connectivity index (χ1n) is 13.3. The van der Waals surface area contributed by atoms with E-state index in [1.807, 2.05) is 0 Å². The normalized spacial score (nSPS) is 62.5. The molecule has 2 unspecified atom stereocenters. The predicted molar refractivity (Wildman–Crippen MR) is 118 cm³/mol. The third-order valence-corrected chi connectivity index (χ3v) is 12.1. The average molecular weight is 417 g/mol. The maximum absolute atomic E-state index is 12.4. The Morgan fingerprint density at radius 2 is 1.70 bits per heavy atom. The van der Waals surface area contributed by atoms with Crippen LogP contribution in [0.15, 0.2) is 0 Å². The van der Waals surface area contributed by atoms with Crippen LogP contribution in [0.1, 0.15) is 98.3 Å². The second kappa shape index (κ2) is 6.48. The highest BCUT2D eigenvalue weighted by Gasteiger charge is 2.76. The van der Waals surface area contributed by atoms with Crippen LogP contribution in [0, 0.1) is 46.3 Å². The molecule has 3 heteroatoms. The monoisotopic (exact) mass is 416 g/mol. The summed E-state index contributed by atoms with van der Waals surface area (Å²) < 4.78 is 13.2. The Morgan fingerprint density at radius 3 is 2.47 bits per heavy atom. The quantitative estimate of drug-likeness (QED) is 0.531. The van der Waals surface area contributed by atoms with Crippen molar-refractivity contribution in [2.75, 3.05) is 6.61 Å². The van der Waals surface area contributed by atoms with Gasteiger partial charge in [-0.2, -0.15) is 0 Å². The zero-order chi connectivity index (χ0) is 20.9. The molecule has 0 radical (unpaired) electrons. The average Bonchev–Trinajstić information content (AvgIpc) is 3.08. The minimum Gasteiger partial charge on any atom is -0.386 e. The van der Waals surface area contributed by atoms with Crippen LogP contribution in [0.4, 0.5) is 0 Å². The van der Waals surface area contributed by atoms with Crippen LogP contribution in [0.2, 0.25) is 0 Å². The maximum Gasteiger partial charge on any atom is 0.174 e. The molecule has 3 nitrogen and oxygen atoms in total. The van der Waals surface area contributed by atoms with Crippen molar-refractivity contribution in [3.05, 3.63) is 0 Å². The van der Waals surface area contributed by atoms with Crippen LogP contribution in [0.25, 0.3) is 0 Å². The third-order valence-electron chi connectivity index (χ3n) is 12.1. The lowest BCUT2D eigenvalue weighted by molar-refractivity contribution is -0.275. The van der Waals surface area contributed by atoms with Crippen LogP contribution >= 0.6 is 0 Å². The van der Waals surface area contributed by atoms with Gasteiger partial charge in [-0.1, -0.05) is 40.5 Å². The molecule has 4 saturated carbocycles. The predicted octanol–water partition coefficient (Wildman–Crippen LogP) is 5.94. The van der Waals surface area contributed by atoms with Gasteiger partial charge >= 0.3 is 0 Å². The first-order valence-corrected chi connectivity index (χ1v) is 13.3. The fourth-order valence-electron chi connectivity index (χ4n) is 10.2. The van der Waals surface area contributed by atoms with Crippen molar-refractivity contribution in [3.8, 4) is 0 Å². The van der Waals surface area contributed by atoms with Gasteiger partial charge in [0, 0.05) is 17.8 Å². The lowest BCUT2D eigenvalue weighted by Crippen LogP contribution is -2.60. The standard InChI is InChI=1S/C27H44O3/c1-17-10-14-26(29-16-17)18(2)27(28)23(30-26)15-22-20-9-8-19-7-5-6-12-24(19,3)21(20)11-13-25(22,27)4/h17-23,28H,5-16H2,1-4H3/t17?,18-,19?,20-,21+,22+,23+,24+,25+,26-,27-/m1/s1. The molecule has 0 aromatic heterocycles. The molecule has 2 saturated heterocycles. The number of rotatable bonds is 0. The summed E-state index contributed by atoms with van der Waals surface area (Å²) in [6.45, 7) is 10.4. The lowest BCUT2D eigenvalue weighted by atomic mass is 9.44. The van der Waals surface area contributed by atoms with Crippen molar-refractivity contribution in [2.24, 2.45) is 46.3 Å². The number of fused-ring (bicyclic) bond motifs is 7. The number of aliphatic hydroxyl groups is 1. The van der Waals surface area contributed by atoms with E-state index in [1.165, 1.54) is 51.4 Å². The van der Waals surface area contributed by atoms with E-state index < -0.39 is 11.4 Å². The SMILES string of the molecule is CC1CC[C@@]2(OC1)O[C@H]1C[C@H]3[C@@H]4CCC5CCCC[C@]5(C)[C@H]4CC[C@]3(C)[C@@]1(O)[C@@H]2C. The van der Waals surface area contributed by atoms with Gasteiger partial charge in [0.25, 0.3) is 0 Å². The highest BCUT2D eigenvalue weighted by Crippen LogP contribution is 2.72. The molecular formula is C27H44O3. The van der Waals surface area contributed by atoms with Crippen LogP contribution in [-0.4, -0.2) is 29.2 Å². The summed E-state index contributed by atoms with van der Waals surface area (Å²) in [7, 11) is 0. The zero-order valence-corrected chi connectivity index (χ0v) is 19.8. The van der Waals surface area contributed by atoms with Gasteiger partial charge in [0.05, 0.1) is 12.7 Å². The van der Waals surface area contributed by atoms with Crippen molar-refractivity contribution >= 4 is 0 Å². The van der Waals surface area contributed by atoms with Crippen molar-refractivity contribution in [3.63, 3.8) is 0 Å². The third kappa shape index (κ3) is 2.34. The van der Waals surface area contributed by atoms with E-state index in [9.17, 15) is 5.11 Å². The summed E-state index contributed by atoms with van der Waals surface area (Å²) in [4.78, 5) is 0. The Hall–Kier alpha value is -0.120. The second-order valence-electron chi connectivity index (χ2n) is 13.0. The van der Waals surface area contributed by atoms with E-state index in [0.717, 1.165) is 43.6 Å². The maximum atomic E-state index is 12.4. The van der Waals surface area contributed by atoms with Gasteiger partial charge in [0.2, 0.25) is 0 Å². The fourth-order valence-corrected chi connectivity index (χ4v) is 10.2. The zero-order valence-electron chi connectivity index (χ0n) is 19.8. The minimum atomic E-state index is -0.729. The fraction of sp³-hybridized carbons (Fsp3) is 1.00. The van der Waals surface area contributed by atoms with Gasteiger partial charge in [0.15, 0.2) is 5.79 Å². The van der Waals surface area contributed by atoms with Crippen molar-refractivity contribution in [1.82, 2.24) is 0 Å². The molecule has 11 atom stereocenters. The first kappa shape index (κ1) is 20.5.